The Bertz CT molecular complexity index is 1070. The first-order valence-corrected chi connectivity index (χ1v) is 11.2. The standard InChI is InChI=1S/C21H21F3N6O2S/c22-21(23,24)15-2-1-6-26-16(15)12-25-11-13-4-8-30(9-5-13)19-27-7-3-14(28-19)10-17-18(31)29-20(32)33-17/h1-3,6-7,10,13,25H,4-5,8-9,11-12H2,(H,29,31,32). The largest absolute Gasteiger partial charge is 0.418 e. The summed E-state index contributed by atoms with van der Waals surface area (Å²) in [5.74, 6) is 0.412. The highest BCUT2D eigenvalue weighted by atomic mass is 32.2. The lowest BCUT2D eigenvalue weighted by Gasteiger charge is -2.32. The summed E-state index contributed by atoms with van der Waals surface area (Å²) in [6.45, 7) is 2.06. The number of anilines is 1. The summed E-state index contributed by atoms with van der Waals surface area (Å²) < 4.78 is 39.3. The third-order valence-corrected chi connectivity index (χ3v) is 6.21. The number of piperidine rings is 1. The van der Waals surface area contributed by atoms with Gasteiger partial charge in [-0.3, -0.25) is 19.9 Å². The molecule has 8 nitrogen and oxygen atoms in total. The maximum atomic E-state index is 13.1. The fourth-order valence-corrected chi connectivity index (χ4v) is 4.39. The summed E-state index contributed by atoms with van der Waals surface area (Å²) in [6, 6.07) is 4.00. The SMILES string of the molecule is O=C1NC(=O)C(=Cc2ccnc(N3CCC(CNCc4ncccc4C(F)(F)F)CC3)n2)S1. The lowest BCUT2D eigenvalue weighted by atomic mass is 9.97. The lowest BCUT2D eigenvalue weighted by Crippen LogP contribution is -2.38. The van der Waals surface area contributed by atoms with Crippen LogP contribution in [0, 0.1) is 5.92 Å². The van der Waals surface area contributed by atoms with Gasteiger partial charge < -0.3 is 10.2 Å². The quantitative estimate of drug-likeness (QED) is 0.611. The molecule has 2 saturated heterocycles. The number of carbonyl (C=O) groups is 2. The van der Waals surface area contributed by atoms with E-state index in [0.717, 1.165) is 30.7 Å². The Morgan fingerprint density at radius 2 is 1.97 bits per heavy atom. The number of carbonyl (C=O) groups excluding carboxylic acids is 2. The van der Waals surface area contributed by atoms with Gasteiger partial charge in [-0.2, -0.15) is 13.2 Å². The Morgan fingerprint density at radius 3 is 2.67 bits per heavy atom. The van der Waals surface area contributed by atoms with Crippen LogP contribution in [-0.4, -0.2) is 45.7 Å². The molecule has 2 aromatic rings. The zero-order valence-corrected chi connectivity index (χ0v) is 18.2. The van der Waals surface area contributed by atoms with E-state index in [1.54, 1.807) is 18.3 Å². The fourth-order valence-electron chi connectivity index (χ4n) is 3.72. The number of hydrogen-bond donors (Lipinski definition) is 2. The number of nitrogens with zero attached hydrogens (tertiary/aromatic N) is 4. The van der Waals surface area contributed by atoms with Crippen molar-refractivity contribution in [2.45, 2.75) is 25.6 Å². The molecular formula is C21H21F3N6O2S. The van der Waals surface area contributed by atoms with E-state index >= 15 is 0 Å². The molecule has 2 aromatic heterocycles. The first-order chi connectivity index (χ1) is 15.8. The van der Waals surface area contributed by atoms with Crippen molar-refractivity contribution in [2.75, 3.05) is 24.5 Å². The van der Waals surface area contributed by atoms with Gasteiger partial charge in [0.25, 0.3) is 11.1 Å². The maximum absolute atomic E-state index is 13.1. The first-order valence-electron chi connectivity index (χ1n) is 10.3. The Balaban J connectivity index is 1.29. The van der Waals surface area contributed by atoms with Crippen LogP contribution in [-0.2, 0) is 17.5 Å². The second-order valence-electron chi connectivity index (χ2n) is 7.69. The highest BCUT2D eigenvalue weighted by Gasteiger charge is 2.33. The number of halogens is 3. The van der Waals surface area contributed by atoms with Gasteiger partial charge in [0.2, 0.25) is 5.95 Å². The Hall–Kier alpha value is -2.99. The van der Waals surface area contributed by atoms with Gasteiger partial charge in [0.15, 0.2) is 0 Å². The van der Waals surface area contributed by atoms with Gasteiger partial charge in [0.1, 0.15) is 0 Å². The molecule has 2 aliphatic rings. The molecule has 174 valence electrons. The minimum Gasteiger partial charge on any atom is -0.341 e. The van der Waals surface area contributed by atoms with Gasteiger partial charge in [-0.15, -0.1) is 0 Å². The molecule has 2 amide bonds. The van der Waals surface area contributed by atoms with Crippen molar-refractivity contribution in [2.24, 2.45) is 5.92 Å². The van der Waals surface area contributed by atoms with E-state index in [4.69, 9.17) is 0 Å². The van der Waals surface area contributed by atoms with Crippen LogP contribution < -0.4 is 15.5 Å². The Kier molecular flexibility index (Phi) is 6.94. The number of thioether (sulfide) groups is 1. The molecule has 0 unspecified atom stereocenters. The van der Waals surface area contributed by atoms with Crippen molar-refractivity contribution in [3.05, 3.63) is 52.4 Å². The second-order valence-corrected chi connectivity index (χ2v) is 8.71. The molecule has 0 radical (unpaired) electrons. The summed E-state index contributed by atoms with van der Waals surface area (Å²) in [4.78, 5) is 38.0. The zero-order valence-electron chi connectivity index (χ0n) is 17.4. The number of hydrogen-bond acceptors (Lipinski definition) is 8. The van der Waals surface area contributed by atoms with E-state index in [1.807, 2.05) is 4.90 Å². The summed E-state index contributed by atoms with van der Waals surface area (Å²) in [6.07, 6.45) is 1.78. The van der Waals surface area contributed by atoms with Crippen LogP contribution in [0.15, 0.2) is 35.5 Å². The molecular weight excluding hydrogens is 457 g/mol. The van der Waals surface area contributed by atoms with Gasteiger partial charge in [-0.1, -0.05) is 0 Å². The molecule has 2 fully saturated rings. The lowest BCUT2D eigenvalue weighted by molar-refractivity contribution is -0.138. The van der Waals surface area contributed by atoms with E-state index < -0.39 is 22.9 Å². The van der Waals surface area contributed by atoms with Crippen molar-refractivity contribution in [1.82, 2.24) is 25.6 Å². The van der Waals surface area contributed by atoms with Crippen LogP contribution in [0.5, 0.6) is 0 Å². The van der Waals surface area contributed by atoms with Crippen LogP contribution >= 0.6 is 11.8 Å². The average Bonchev–Trinajstić information content (AvgIpc) is 3.10. The monoisotopic (exact) mass is 478 g/mol. The Labute approximate surface area is 192 Å². The molecule has 0 aliphatic carbocycles. The molecule has 33 heavy (non-hydrogen) atoms. The van der Waals surface area contributed by atoms with E-state index in [-0.39, 0.29) is 17.1 Å². The first kappa shape index (κ1) is 23.2. The van der Waals surface area contributed by atoms with Crippen LogP contribution in [0.2, 0.25) is 0 Å². The minimum atomic E-state index is -4.42. The maximum Gasteiger partial charge on any atom is 0.418 e. The van der Waals surface area contributed by atoms with Gasteiger partial charge in [0, 0.05) is 32.0 Å². The third kappa shape index (κ3) is 5.88. The zero-order chi connectivity index (χ0) is 23.4. The topological polar surface area (TPSA) is 100 Å². The Morgan fingerprint density at radius 1 is 1.18 bits per heavy atom. The number of pyridine rings is 1. The average molecular weight is 479 g/mol. The number of aromatic nitrogens is 3. The molecule has 2 aliphatic heterocycles. The molecule has 0 bridgehead atoms. The van der Waals surface area contributed by atoms with Crippen molar-refractivity contribution in [3.63, 3.8) is 0 Å². The molecule has 2 N–H and O–H groups in total. The molecule has 0 aromatic carbocycles. The highest BCUT2D eigenvalue weighted by molar-refractivity contribution is 8.18. The number of imide groups is 1. The predicted molar refractivity (Wildman–Crippen MR) is 117 cm³/mol. The van der Waals surface area contributed by atoms with Crippen LogP contribution in [0.25, 0.3) is 6.08 Å². The van der Waals surface area contributed by atoms with E-state index in [9.17, 15) is 22.8 Å². The van der Waals surface area contributed by atoms with E-state index in [0.29, 0.717) is 37.2 Å². The summed E-state index contributed by atoms with van der Waals surface area (Å²) >= 11 is 0.832. The summed E-state index contributed by atoms with van der Waals surface area (Å²) in [5.41, 5.74) is -0.179. The molecule has 0 spiro atoms. The summed E-state index contributed by atoms with van der Waals surface area (Å²) in [7, 11) is 0. The molecule has 4 rings (SSSR count). The minimum absolute atomic E-state index is 0.00224. The van der Waals surface area contributed by atoms with Crippen molar-refractivity contribution in [3.8, 4) is 0 Å². The fraction of sp³-hybridized carbons (Fsp3) is 0.381. The van der Waals surface area contributed by atoms with Crippen molar-refractivity contribution in [1.29, 1.82) is 0 Å². The second kappa shape index (κ2) is 9.87. The van der Waals surface area contributed by atoms with Crippen LogP contribution in [0.1, 0.15) is 29.8 Å². The summed E-state index contributed by atoms with van der Waals surface area (Å²) in [5, 5.41) is 4.90. The van der Waals surface area contributed by atoms with E-state index in [1.165, 1.54) is 12.3 Å². The predicted octanol–water partition coefficient (Wildman–Crippen LogP) is 3.22. The third-order valence-electron chi connectivity index (χ3n) is 5.40. The number of alkyl halides is 3. The van der Waals surface area contributed by atoms with Gasteiger partial charge in [0.05, 0.1) is 21.9 Å². The van der Waals surface area contributed by atoms with Gasteiger partial charge in [-0.05, 0) is 61.3 Å². The molecule has 0 saturated carbocycles. The van der Waals surface area contributed by atoms with Crippen molar-refractivity contribution < 1.29 is 22.8 Å². The number of amides is 2. The van der Waals surface area contributed by atoms with Gasteiger partial charge >= 0.3 is 6.18 Å². The highest BCUT2D eigenvalue weighted by Crippen LogP contribution is 2.31. The van der Waals surface area contributed by atoms with Crippen LogP contribution in [0.3, 0.4) is 0 Å². The normalized spacial score (nSPS) is 18.8. The molecule has 12 heteroatoms. The number of nitrogens with one attached hydrogen (secondary N) is 2. The molecule has 0 atom stereocenters. The molecule has 4 heterocycles. The van der Waals surface area contributed by atoms with Gasteiger partial charge in [-0.25, -0.2) is 9.97 Å². The van der Waals surface area contributed by atoms with Crippen LogP contribution in [0.4, 0.5) is 23.9 Å². The van der Waals surface area contributed by atoms with E-state index in [2.05, 4.69) is 25.6 Å². The van der Waals surface area contributed by atoms with Crippen molar-refractivity contribution >= 4 is 34.9 Å². The number of rotatable bonds is 6. The smallest absolute Gasteiger partial charge is 0.341 e.